The van der Waals surface area contributed by atoms with Gasteiger partial charge in [0.1, 0.15) is 11.5 Å². The van der Waals surface area contributed by atoms with Crippen LogP contribution < -0.4 is 21.4 Å². The zero-order chi connectivity index (χ0) is 28.3. The molecule has 2 N–H and O–H groups in total. The van der Waals surface area contributed by atoms with E-state index in [4.69, 9.17) is 16.3 Å². The van der Waals surface area contributed by atoms with E-state index in [1.54, 1.807) is 36.4 Å². The summed E-state index contributed by atoms with van der Waals surface area (Å²) in [5.41, 5.74) is -0.585. The molecule has 2 atom stereocenters. The molecule has 0 saturated heterocycles. The fourth-order valence-electron chi connectivity index (χ4n) is 3.67. The molecule has 0 amide bonds. The van der Waals surface area contributed by atoms with Crippen molar-refractivity contribution < 1.29 is 23.4 Å². The van der Waals surface area contributed by atoms with Crippen molar-refractivity contribution in [1.29, 1.82) is 0 Å². The van der Waals surface area contributed by atoms with Gasteiger partial charge >= 0.3 is 17.3 Å². The second-order valence-electron chi connectivity index (χ2n) is 8.65. The van der Waals surface area contributed by atoms with Gasteiger partial charge in [-0.15, -0.1) is 0 Å². The van der Waals surface area contributed by atoms with E-state index >= 15 is 0 Å². The number of ether oxygens (including phenoxy) is 1. The number of aliphatic carboxylic acids is 1. The van der Waals surface area contributed by atoms with Gasteiger partial charge in [-0.3, -0.25) is 9.36 Å². The first-order valence-corrected chi connectivity index (χ1v) is 12.0. The highest BCUT2D eigenvalue weighted by Crippen LogP contribution is 2.25. The second kappa shape index (κ2) is 11.4. The molecule has 0 radical (unpaired) electrons. The van der Waals surface area contributed by atoms with Crippen LogP contribution in [0.1, 0.15) is 25.5 Å². The molecular formula is C26H22ClF2N5O5. The molecule has 0 spiro atoms. The Kier molecular flexibility index (Phi) is 8.05. The lowest BCUT2D eigenvalue weighted by molar-refractivity contribution is -0.142. The number of nitrogens with zero attached hydrogens (tertiary/aromatic N) is 4. The molecule has 2 aromatic heterocycles. The number of rotatable bonds is 9. The van der Waals surface area contributed by atoms with Crippen LogP contribution in [0.4, 0.5) is 20.4 Å². The maximum Gasteiger partial charge on any atom is 0.355 e. The number of pyridine rings is 1. The maximum atomic E-state index is 13.5. The van der Waals surface area contributed by atoms with Crippen molar-refractivity contribution in [2.75, 3.05) is 5.32 Å². The summed E-state index contributed by atoms with van der Waals surface area (Å²) in [7, 11) is 0. The number of aromatic nitrogens is 4. The lowest BCUT2D eigenvalue weighted by Crippen LogP contribution is -2.46. The van der Waals surface area contributed by atoms with E-state index in [1.165, 1.54) is 30.5 Å². The van der Waals surface area contributed by atoms with Crippen molar-refractivity contribution >= 4 is 29.2 Å². The molecule has 0 aliphatic rings. The predicted molar refractivity (Wildman–Crippen MR) is 139 cm³/mol. The van der Waals surface area contributed by atoms with Crippen molar-refractivity contribution in [2.24, 2.45) is 5.92 Å². The van der Waals surface area contributed by atoms with E-state index < -0.39 is 41.2 Å². The molecule has 0 saturated carbocycles. The zero-order valence-electron chi connectivity index (χ0n) is 20.6. The summed E-state index contributed by atoms with van der Waals surface area (Å²) >= 11 is 5.97. The molecule has 0 bridgehead atoms. The van der Waals surface area contributed by atoms with E-state index in [9.17, 15) is 28.3 Å². The smallest absolute Gasteiger partial charge is 0.355 e. The number of benzene rings is 2. The molecule has 0 aliphatic carbocycles. The fraction of sp³-hybridized carbons (Fsp3) is 0.192. The lowest BCUT2D eigenvalue weighted by atomic mass is 10.0. The molecule has 4 aromatic rings. The highest BCUT2D eigenvalue weighted by molar-refractivity contribution is 6.30. The number of hydrogen-bond acceptors (Lipinski definition) is 7. The van der Waals surface area contributed by atoms with Gasteiger partial charge in [-0.2, -0.15) is 18.7 Å². The van der Waals surface area contributed by atoms with E-state index in [1.807, 2.05) is 0 Å². The average molecular weight is 558 g/mol. The zero-order valence-corrected chi connectivity index (χ0v) is 21.4. The van der Waals surface area contributed by atoms with E-state index in [0.717, 1.165) is 16.7 Å². The molecule has 13 heteroatoms. The van der Waals surface area contributed by atoms with Crippen LogP contribution >= 0.6 is 11.6 Å². The Labute approximate surface area is 225 Å². The SMILES string of the molecule is C[C@@H](C(=O)O)[C@H](C)n1c(=O)nc(Nc2ccc(Oc3cc(F)nc(F)c3)cc2)n(Cc2ccc(Cl)cc2)c1=O. The molecule has 39 heavy (non-hydrogen) atoms. The number of halogens is 3. The fourth-order valence-corrected chi connectivity index (χ4v) is 3.80. The van der Waals surface area contributed by atoms with Gasteiger partial charge < -0.3 is 15.2 Å². The third-order valence-electron chi connectivity index (χ3n) is 5.96. The summed E-state index contributed by atoms with van der Waals surface area (Å²) in [5, 5.41) is 12.8. The minimum Gasteiger partial charge on any atom is -0.481 e. The Morgan fingerprint density at radius 1 is 1.00 bits per heavy atom. The Hall–Kier alpha value is -4.58. The van der Waals surface area contributed by atoms with Crippen LogP contribution in [-0.4, -0.2) is 30.2 Å². The van der Waals surface area contributed by atoms with Crippen molar-refractivity contribution in [1.82, 2.24) is 19.1 Å². The first-order chi connectivity index (χ1) is 18.5. The van der Waals surface area contributed by atoms with Crippen molar-refractivity contribution in [3.05, 3.63) is 104 Å². The second-order valence-corrected chi connectivity index (χ2v) is 9.09. The van der Waals surface area contributed by atoms with Crippen LogP contribution in [0.25, 0.3) is 0 Å². The summed E-state index contributed by atoms with van der Waals surface area (Å²) < 4.78 is 34.1. The molecule has 10 nitrogen and oxygen atoms in total. The van der Waals surface area contributed by atoms with E-state index in [2.05, 4.69) is 15.3 Å². The van der Waals surface area contributed by atoms with E-state index in [-0.39, 0.29) is 24.0 Å². The largest absolute Gasteiger partial charge is 0.481 e. The molecule has 4 rings (SSSR count). The summed E-state index contributed by atoms with van der Waals surface area (Å²) in [4.78, 5) is 44.9. The van der Waals surface area contributed by atoms with Gasteiger partial charge in [-0.1, -0.05) is 23.7 Å². The van der Waals surface area contributed by atoms with Gasteiger partial charge in [-0.25, -0.2) is 14.2 Å². The monoisotopic (exact) mass is 557 g/mol. The normalized spacial score (nSPS) is 12.5. The molecule has 0 fully saturated rings. The summed E-state index contributed by atoms with van der Waals surface area (Å²) in [6.45, 7) is 2.86. The predicted octanol–water partition coefficient (Wildman–Crippen LogP) is 4.60. The lowest BCUT2D eigenvalue weighted by Gasteiger charge is -2.21. The first kappa shape index (κ1) is 27.5. The molecule has 0 aliphatic heterocycles. The number of carbonyl (C=O) groups is 1. The van der Waals surface area contributed by atoms with Gasteiger partial charge in [0.05, 0.1) is 18.5 Å². The molecule has 2 aromatic carbocycles. The molecular weight excluding hydrogens is 536 g/mol. The number of nitrogens with one attached hydrogen (secondary N) is 1. The standard InChI is InChI=1S/C26H22ClF2N5O5/c1-14(23(35)36)15(2)34-25(37)32-24(33(26(34)38)13-16-3-5-17(27)6-4-16)30-18-7-9-19(10-8-18)39-20-11-21(28)31-22(29)12-20/h3-12,14-15H,13H2,1-2H3,(H,35,36)(H,30,32,37)/t14-,15+/m1/s1. The van der Waals surface area contributed by atoms with Crippen LogP contribution in [0.3, 0.4) is 0 Å². The van der Waals surface area contributed by atoms with Crippen LogP contribution in [0.5, 0.6) is 11.5 Å². The van der Waals surface area contributed by atoms with Crippen LogP contribution in [-0.2, 0) is 11.3 Å². The minimum atomic E-state index is -1.17. The number of anilines is 2. The van der Waals surface area contributed by atoms with Crippen molar-refractivity contribution in [2.45, 2.75) is 26.4 Å². The highest BCUT2D eigenvalue weighted by Gasteiger charge is 2.26. The summed E-state index contributed by atoms with van der Waals surface area (Å²) in [5.74, 6) is -4.19. The number of hydrogen-bond donors (Lipinski definition) is 2. The van der Waals surface area contributed by atoms with Crippen LogP contribution in [0.2, 0.25) is 5.02 Å². The number of carboxylic acid groups (broad SMARTS) is 1. The van der Waals surface area contributed by atoms with Crippen LogP contribution in [0, 0.1) is 17.8 Å². The molecule has 2 heterocycles. The Morgan fingerprint density at radius 2 is 1.62 bits per heavy atom. The summed E-state index contributed by atoms with van der Waals surface area (Å²) in [6.07, 6.45) is 0. The molecule has 202 valence electrons. The summed E-state index contributed by atoms with van der Waals surface area (Å²) in [6, 6.07) is 13.7. The minimum absolute atomic E-state index is 0.000152. The van der Waals surface area contributed by atoms with Gasteiger partial charge in [0.2, 0.25) is 17.8 Å². The topological polar surface area (TPSA) is 128 Å². The third-order valence-corrected chi connectivity index (χ3v) is 6.21. The number of carboxylic acids is 1. The Morgan fingerprint density at radius 3 is 2.21 bits per heavy atom. The first-order valence-electron chi connectivity index (χ1n) is 11.6. The Bertz CT molecular complexity index is 1600. The van der Waals surface area contributed by atoms with Crippen molar-refractivity contribution in [3.63, 3.8) is 0 Å². The van der Waals surface area contributed by atoms with Crippen LogP contribution in [0.15, 0.2) is 70.3 Å². The third kappa shape index (κ3) is 6.47. The maximum absolute atomic E-state index is 13.5. The van der Waals surface area contributed by atoms with Gasteiger partial charge in [-0.05, 0) is 55.8 Å². The van der Waals surface area contributed by atoms with Gasteiger partial charge in [0.15, 0.2) is 0 Å². The molecule has 0 unspecified atom stereocenters. The quantitative estimate of drug-likeness (QED) is 0.286. The van der Waals surface area contributed by atoms with Crippen molar-refractivity contribution in [3.8, 4) is 11.5 Å². The van der Waals surface area contributed by atoms with Gasteiger partial charge in [0.25, 0.3) is 0 Å². The Balaban J connectivity index is 1.68. The highest BCUT2D eigenvalue weighted by atomic mass is 35.5. The average Bonchev–Trinajstić information content (AvgIpc) is 2.87. The van der Waals surface area contributed by atoms with Gasteiger partial charge in [0, 0.05) is 22.8 Å². The van der Waals surface area contributed by atoms with E-state index in [0.29, 0.717) is 16.3 Å².